The van der Waals surface area contributed by atoms with Crippen LogP contribution in [0.3, 0.4) is 0 Å². The van der Waals surface area contributed by atoms with Gasteiger partial charge in [0.2, 0.25) is 11.8 Å². The van der Waals surface area contributed by atoms with E-state index in [2.05, 4.69) is 10.1 Å². The van der Waals surface area contributed by atoms with Crippen LogP contribution in [0.15, 0.2) is 30.3 Å². The predicted molar refractivity (Wildman–Crippen MR) is 82.0 cm³/mol. The van der Waals surface area contributed by atoms with Gasteiger partial charge in [-0.3, -0.25) is 9.59 Å². The van der Waals surface area contributed by atoms with Gasteiger partial charge in [0.1, 0.15) is 12.1 Å². The molecule has 0 bridgehead atoms. The van der Waals surface area contributed by atoms with Crippen molar-refractivity contribution in [2.24, 2.45) is 0 Å². The summed E-state index contributed by atoms with van der Waals surface area (Å²) < 4.78 is 4.60. The molecule has 0 aliphatic rings. The van der Waals surface area contributed by atoms with E-state index in [9.17, 15) is 14.4 Å². The highest BCUT2D eigenvalue weighted by Gasteiger charge is 2.27. The highest BCUT2D eigenvalue weighted by molar-refractivity contribution is 5.90. The zero-order valence-electron chi connectivity index (χ0n) is 13.3. The maximum atomic E-state index is 12.2. The van der Waals surface area contributed by atoms with E-state index in [0.717, 1.165) is 5.56 Å². The molecule has 1 aromatic rings. The maximum Gasteiger partial charge on any atom is 0.328 e. The Morgan fingerprint density at radius 2 is 1.77 bits per heavy atom. The number of rotatable bonds is 6. The Morgan fingerprint density at radius 1 is 1.18 bits per heavy atom. The molecule has 1 N–H and O–H groups in total. The molecule has 6 nitrogen and oxygen atoms in total. The summed E-state index contributed by atoms with van der Waals surface area (Å²) in [5.74, 6) is -1.09. The number of carbonyl (C=O) groups excluding carboxylic acids is 3. The fourth-order valence-electron chi connectivity index (χ4n) is 1.96. The Kier molecular flexibility index (Phi) is 6.56. The lowest BCUT2D eigenvalue weighted by Gasteiger charge is -2.26. The number of nitrogens with one attached hydrogen (secondary N) is 1. The number of hydrogen-bond acceptors (Lipinski definition) is 4. The summed E-state index contributed by atoms with van der Waals surface area (Å²) in [6.45, 7) is 3.16. The second-order valence-electron chi connectivity index (χ2n) is 5.10. The smallest absolute Gasteiger partial charge is 0.328 e. The lowest BCUT2D eigenvalue weighted by molar-refractivity contribution is -0.151. The number of hydrogen-bond donors (Lipinski definition) is 1. The van der Waals surface area contributed by atoms with Gasteiger partial charge in [0.15, 0.2) is 0 Å². The molecule has 0 fully saturated rings. The zero-order chi connectivity index (χ0) is 16.7. The van der Waals surface area contributed by atoms with Gasteiger partial charge in [-0.15, -0.1) is 0 Å². The van der Waals surface area contributed by atoms with Gasteiger partial charge in [0, 0.05) is 7.05 Å². The van der Waals surface area contributed by atoms with Crippen LogP contribution in [0, 0.1) is 0 Å². The Balaban J connectivity index is 2.56. The van der Waals surface area contributed by atoms with Gasteiger partial charge in [0.05, 0.1) is 13.5 Å². The predicted octanol–water partition coefficient (Wildman–Crippen LogP) is 0.754. The fourth-order valence-corrected chi connectivity index (χ4v) is 1.96. The van der Waals surface area contributed by atoms with Crippen LogP contribution in [0.2, 0.25) is 0 Å². The van der Waals surface area contributed by atoms with Crippen molar-refractivity contribution >= 4 is 17.8 Å². The Morgan fingerprint density at radius 3 is 2.32 bits per heavy atom. The van der Waals surface area contributed by atoms with Crippen LogP contribution < -0.4 is 5.32 Å². The minimum absolute atomic E-state index is 0.203. The number of benzene rings is 1. The molecule has 0 heterocycles. The molecule has 6 heteroatoms. The number of ether oxygens (including phenoxy) is 1. The molecule has 0 unspecified atom stereocenters. The Hall–Kier alpha value is -2.37. The second-order valence-corrected chi connectivity index (χ2v) is 5.10. The van der Waals surface area contributed by atoms with E-state index in [1.54, 1.807) is 13.8 Å². The number of amides is 2. The summed E-state index contributed by atoms with van der Waals surface area (Å²) >= 11 is 0. The summed E-state index contributed by atoms with van der Waals surface area (Å²) in [7, 11) is 2.77. The van der Waals surface area contributed by atoms with Crippen molar-refractivity contribution in [3.63, 3.8) is 0 Å². The van der Waals surface area contributed by atoms with Crippen molar-refractivity contribution in [1.82, 2.24) is 10.2 Å². The first-order valence-corrected chi connectivity index (χ1v) is 7.04. The molecule has 22 heavy (non-hydrogen) atoms. The minimum atomic E-state index is -0.715. The quantitative estimate of drug-likeness (QED) is 0.787. The maximum absolute atomic E-state index is 12.2. The van der Waals surface area contributed by atoms with Crippen molar-refractivity contribution in [1.29, 1.82) is 0 Å². The van der Waals surface area contributed by atoms with E-state index >= 15 is 0 Å². The van der Waals surface area contributed by atoms with Gasteiger partial charge in [-0.1, -0.05) is 30.3 Å². The third kappa shape index (κ3) is 4.87. The summed E-state index contributed by atoms with van der Waals surface area (Å²) in [4.78, 5) is 36.8. The van der Waals surface area contributed by atoms with Crippen LogP contribution in [0.25, 0.3) is 0 Å². The van der Waals surface area contributed by atoms with Crippen LogP contribution in [0.1, 0.15) is 19.4 Å². The number of methoxy groups -OCH3 is 1. The third-order valence-corrected chi connectivity index (χ3v) is 3.43. The number of esters is 1. The highest BCUT2D eigenvalue weighted by Crippen LogP contribution is 2.03. The summed E-state index contributed by atoms with van der Waals surface area (Å²) in [5.41, 5.74) is 0.871. The molecule has 120 valence electrons. The minimum Gasteiger partial charge on any atom is -0.467 e. The Labute approximate surface area is 130 Å². The fraction of sp³-hybridized carbons (Fsp3) is 0.438. The molecule has 1 rings (SSSR count). The van der Waals surface area contributed by atoms with Gasteiger partial charge >= 0.3 is 5.97 Å². The first-order valence-electron chi connectivity index (χ1n) is 7.04. The van der Waals surface area contributed by atoms with Crippen molar-refractivity contribution in [2.45, 2.75) is 32.4 Å². The largest absolute Gasteiger partial charge is 0.467 e. The molecule has 0 radical (unpaired) electrons. The van der Waals surface area contributed by atoms with E-state index in [-0.39, 0.29) is 18.2 Å². The monoisotopic (exact) mass is 306 g/mol. The topological polar surface area (TPSA) is 75.7 Å². The normalized spacial score (nSPS) is 12.9. The third-order valence-electron chi connectivity index (χ3n) is 3.43. The number of carbonyl (C=O) groups is 3. The van der Waals surface area contributed by atoms with Crippen LogP contribution in [0.4, 0.5) is 0 Å². The first-order chi connectivity index (χ1) is 10.4. The molecule has 0 spiro atoms. The molecule has 2 amide bonds. The van der Waals surface area contributed by atoms with E-state index in [4.69, 9.17) is 0 Å². The first kappa shape index (κ1) is 17.7. The standard InChI is InChI=1S/C16H22N2O4/c1-11(15(20)18(3)12(2)16(21)22-4)17-14(19)10-13-8-6-5-7-9-13/h5-9,11-12H,10H2,1-4H3,(H,17,19)/t11-,12-/m0/s1. The molecular formula is C16H22N2O4. The van der Waals surface area contributed by atoms with E-state index in [1.807, 2.05) is 30.3 Å². The summed E-state index contributed by atoms with van der Waals surface area (Å²) in [6, 6.07) is 7.84. The molecule has 0 saturated heterocycles. The van der Waals surface area contributed by atoms with Crippen molar-refractivity contribution in [3.05, 3.63) is 35.9 Å². The molecule has 1 aromatic carbocycles. The van der Waals surface area contributed by atoms with E-state index in [1.165, 1.54) is 19.1 Å². The lowest BCUT2D eigenvalue weighted by Crippen LogP contribution is -2.50. The van der Waals surface area contributed by atoms with Gasteiger partial charge in [-0.25, -0.2) is 4.79 Å². The molecular weight excluding hydrogens is 284 g/mol. The van der Waals surface area contributed by atoms with Crippen LogP contribution in [-0.4, -0.2) is 48.9 Å². The molecule has 2 atom stereocenters. The zero-order valence-corrected chi connectivity index (χ0v) is 13.3. The van der Waals surface area contributed by atoms with Crippen molar-refractivity contribution in [2.75, 3.05) is 14.2 Å². The van der Waals surface area contributed by atoms with Gasteiger partial charge in [-0.05, 0) is 19.4 Å². The Bertz CT molecular complexity index is 530. The van der Waals surface area contributed by atoms with E-state index in [0.29, 0.717) is 0 Å². The van der Waals surface area contributed by atoms with Crippen LogP contribution in [0.5, 0.6) is 0 Å². The van der Waals surface area contributed by atoms with Gasteiger partial charge in [-0.2, -0.15) is 0 Å². The van der Waals surface area contributed by atoms with Crippen LogP contribution in [-0.2, 0) is 25.5 Å². The second kappa shape index (κ2) is 8.17. The molecule has 0 aromatic heterocycles. The lowest BCUT2D eigenvalue weighted by atomic mass is 10.1. The molecule has 0 aliphatic heterocycles. The van der Waals surface area contributed by atoms with Crippen molar-refractivity contribution in [3.8, 4) is 0 Å². The van der Waals surface area contributed by atoms with Gasteiger partial charge < -0.3 is 15.0 Å². The van der Waals surface area contributed by atoms with Crippen LogP contribution >= 0.6 is 0 Å². The average molecular weight is 306 g/mol. The van der Waals surface area contributed by atoms with Crippen molar-refractivity contribution < 1.29 is 19.1 Å². The summed E-state index contributed by atoms with van der Waals surface area (Å²) in [5, 5.41) is 2.64. The highest BCUT2D eigenvalue weighted by atomic mass is 16.5. The average Bonchev–Trinajstić information content (AvgIpc) is 2.52. The SMILES string of the molecule is COC(=O)[C@H](C)N(C)C(=O)[C@H](C)NC(=O)Cc1ccccc1. The number of nitrogens with zero attached hydrogens (tertiary/aromatic N) is 1. The van der Waals surface area contributed by atoms with E-state index < -0.39 is 18.1 Å². The van der Waals surface area contributed by atoms with Gasteiger partial charge in [0.25, 0.3) is 0 Å². The molecule has 0 saturated carbocycles. The molecule has 0 aliphatic carbocycles. The summed E-state index contributed by atoms with van der Waals surface area (Å²) in [6.07, 6.45) is 0.203. The number of likely N-dealkylation sites (N-methyl/N-ethyl adjacent to an activating group) is 1.